The molecule has 2 aromatic rings. The Morgan fingerprint density at radius 2 is 2.10 bits per heavy atom. The van der Waals surface area contributed by atoms with E-state index in [4.69, 9.17) is 4.74 Å². The molecule has 0 saturated carbocycles. The number of hydrogen-bond acceptors (Lipinski definition) is 4. The molecule has 0 unspecified atom stereocenters. The van der Waals surface area contributed by atoms with E-state index in [1.54, 1.807) is 10.7 Å². The lowest BCUT2D eigenvalue weighted by atomic mass is 10.3. The maximum absolute atomic E-state index is 11.8. The number of carbonyl (C=O) groups excluding carboxylic acids is 1. The second-order valence-electron chi connectivity index (χ2n) is 4.62. The van der Waals surface area contributed by atoms with E-state index in [1.807, 2.05) is 40.0 Å². The third-order valence-electron chi connectivity index (χ3n) is 2.95. The molecular weight excluding hydrogens is 256 g/mol. The molecule has 0 aromatic carbocycles. The normalized spacial score (nSPS) is 10.4. The third-order valence-corrected chi connectivity index (χ3v) is 2.95. The monoisotopic (exact) mass is 274 g/mol. The smallest absolute Gasteiger partial charge is 0.263 e. The maximum Gasteiger partial charge on any atom is 0.263 e. The molecule has 0 saturated heterocycles. The number of pyridine rings is 1. The van der Waals surface area contributed by atoms with Crippen LogP contribution in [0.1, 0.15) is 17.1 Å². The van der Waals surface area contributed by atoms with E-state index in [-0.39, 0.29) is 12.5 Å². The van der Waals surface area contributed by atoms with E-state index in [0.717, 1.165) is 17.1 Å². The number of amides is 1. The molecule has 0 spiro atoms. The van der Waals surface area contributed by atoms with Gasteiger partial charge in [0.25, 0.3) is 5.91 Å². The second kappa shape index (κ2) is 5.73. The Balaban J connectivity index is 1.96. The molecule has 2 rings (SSSR count). The van der Waals surface area contributed by atoms with Crippen LogP contribution in [0.15, 0.2) is 18.2 Å². The van der Waals surface area contributed by atoms with Crippen molar-refractivity contribution in [3.63, 3.8) is 0 Å². The molecule has 6 nitrogen and oxygen atoms in total. The average molecular weight is 274 g/mol. The van der Waals surface area contributed by atoms with Crippen LogP contribution in [-0.4, -0.2) is 27.3 Å². The summed E-state index contributed by atoms with van der Waals surface area (Å²) < 4.78 is 7.26. The minimum absolute atomic E-state index is 0.0665. The molecular formula is C14H18N4O2. The molecule has 2 aromatic heterocycles. The van der Waals surface area contributed by atoms with Crippen molar-refractivity contribution in [3.8, 4) is 5.75 Å². The zero-order valence-electron chi connectivity index (χ0n) is 12.1. The Labute approximate surface area is 117 Å². The van der Waals surface area contributed by atoms with Crippen molar-refractivity contribution in [2.75, 3.05) is 11.9 Å². The van der Waals surface area contributed by atoms with Crippen LogP contribution in [0.5, 0.6) is 5.75 Å². The van der Waals surface area contributed by atoms with E-state index in [2.05, 4.69) is 15.4 Å². The first-order chi connectivity index (χ1) is 9.47. The van der Waals surface area contributed by atoms with Gasteiger partial charge in [-0.3, -0.25) is 9.48 Å². The standard InChI is InChI=1S/C14H18N4O2/c1-9-6-5-7-12(15-9)16-13(19)8-20-14-10(2)17-18(4)11(14)3/h5-7H,8H2,1-4H3,(H,15,16,19). The summed E-state index contributed by atoms with van der Waals surface area (Å²) in [4.78, 5) is 16.0. The molecule has 0 bridgehead atoms. The van der Waals surface area contributed by atoms with Crippen LogP contribution in [-0.2, 0) is 11.8 Å². The van der Waals surface area contributed by atoms with Crippen molar-refractivity contribution < 1.29 is 9.53 Å². The number of ether oxygens (including phenoxy) is 1. The van der Waals surface area contributed by atoms with E-state index >= 15 is 0 Å². The van der Waals surface area contributed by atoms with Gasteiger partial charge < -0.3 is 10.1 Å². The molecule has 0 aliphatic carbocycles. The molecule has 1 amide bonds. The first-order valence-corrected chi connectivity index (χ1v) is 6.34. The van der Waals surface area contributed by atoms with Gasteiger partial charge in [-0.05, 0) is 32.9 Å². The average Bonchev–Trinajstić information content (AvgIpc) is 2.61. The van der Waals surface area contributed by atoms with Crippen molar-refractivity contribution in [2.45, 2.75) is 20.8 Å². The predicted molar refractivity (Wildman–Crippen MR) is 75.8 cm³/mol. The summed E-state index contributed by atoms with van der Waals surface area (Å²) in [5.41, 5.74) is 2.51. The van der Waals surface area contributed by atoms with Crippen molar-refractivity contribution in [1.82, 2.24) is 14.8 Å². The SMILES string of the molecule is Cc1cccc(NC(=O)COc2c(C)nn(C)c2C)n1. The van der Waals surface area contributed by atoms with Crippen LogP contribution in [0.3, 0.4) is 0 Å². The first kappa shape index (κ1) is 14.0. The number of anilines is 1. The topological polar surface area (TPSA) is 69.0 Å². The molecule has 106 valence electrons. The van der Waals surface area contributed by atoms with Crippen molar-refractivity contribution in [2.24, 2.45) is 7.05 Å². The van der Waals surface area contributed by atoms with Gasteiger partial charge in [0.15, 0.2) is 12.4 Å². The molecule has 0 aliphatic heterocycles. The summed E-state index contributed by atoms with van der Waals surface area (Å²) in [5, 5.41) is 6.93. The van der Waals surface area contributed by atoms with E-state index in [9.17, 15) is 4.79 Å². The van der Waals surface area contributed by atoms with Crippen LogP contribution < -0.4 is 10.1 Å². The van der Waals surface area contributed by atoms with Gasteiger partial charge in [-0.15, -0.1) is 0 Å². The van der Waals surface area contributed by atoms with Crippen molar-refractivity contribution in [1.29, 1.82) is 0 Å². The number of carbonyl (C=O) groups is 1. The molecule has 6 heteroatoms. The molecule has 2 heterocycles. The highest BCUT2D eigenvalue weighted by atomic mass is 16.5. The summed E-state index contributed by atoms with van der Waals surface area (Å²) in [6.45, 7) is 5.55. The molecule has 1 N–H and O–H groups in total. The van der Waals surface area contributed by atoms with Gasteiger partial charge in [-0.2, -0.15) is 5.10 Å². The van der Waals surface area contributed by atoms with Gasteiger partial charge in [0.1, 0.15) is 11.5 Å². The minimum atomic E-state index is -0.245. The largest absolute Gasteiger partial charge is 0.480 e. The van der Waals surface area contributed by atoms with E-state index in [1.165, 1.54) is 0 Å². The molecule has 20 heavy (non-hydrogen) atoms. The van der Waals surface area contributed by atoms with Crippen molar-refractivity contribution >= 4 is 11.7 Å². The minimum Gasteiger partial charge on any atom is -0.480 e. The Hall–Kier alpha value is -2.37. The zero-order valence-corrected chi connectivity index (χ0v) is 12.1. The lowest BCUT2D eigenvalue weighted by Gasteiger charge is -2.07. The highest BCUT2D eigenvalue weighted by Gasteiger charge is 2.12. The highest BCUT2D eigenvalue weighted by Crippen LogP contribution is 2.21. The Kier molecular flexibility index (Phi) is 4.02. The molecule has 0 aliphatic rings. The Bertz CT molecular complexity index is 634. The quantitative estimate of drug-likeness (QED) is 0.922. The third kappa shape index (κ3) is 3.14. The number of aryl methyl sites for hydroxylation is 3. The Morgan fingerprint density at radius 3 is 2.70 bits per heavy atom. The summed E-state index contributed by atoms with van der Waals surface area (Å²) >= 11 is 0. The Morgan fingerprint density at radius 1 is 1.35 bits per heavy atom. The lowest BCUT2D eigenvalue weighted by molar-refractivity contribution is -0.118. The molecule has 0 fully saturated rings. The number of aromatic nitrogens is 3. The summed E-state index contributed by atoms with van der Waals surface area (Å²) in [7, 11) is 1.84. The molecule has 0 radical (unpaired) electrons. The van der Waals surface area contributed by atoms with Crippen LogP contribution in [0.2, 0.25) is 0 Å². The summed E-state index contributed by atoms with van der Waals surface area (Å²) in [6.07, 6.45) is 0. The van der Waals surface area contributed by atoms with Gasteiger partial charge in [-0.25, -0.2) is 4.98 Å². The van der Waals surface area contributed by atoms with Crippen LogP contribution in [0.4, 0.5) is 5.82 Å². The maximum atomic E-state index is 11.8. The van der Waals surface area contributed by atoms with E-state index < -0.39 is 0 Å². The number of nitrogens with one attached hydrogen (secondary N) is 1. The van der Waals surface area contributed by atoms with Gasteiger partial charge in [-0.1, -0.05) is 6.07 Å². The summed E-state index contributed by atoms with van der Waals surface area (Å²) in [6, 6.07) is 5.45. The fraction of sp³-hybridized carbons (Fsp3) is 0.357. The second-order valence-corrected chi connectivity index (χ2v) is 4.62. The molecule has 0 atom stereocenters. The number of hydrogen-bond donors (Lipinski definition) is 1. The predicted octanol–water partition coefficient (Wildman–Crippen LogP) is 1.76. The lowest BCUT2D eigenvalue weighted by Crippen LogP contribution is -2.21. The van der Waals surface area contributed by atoms with Crippen molar-refractivity contribution in [3.05, 3.63) is 35.3 Å². The van der Waals surface area contributed by atoms with Gasteiger partial charge in [0.05, 0.1) is 5.69 Å². The fourth-order valence-electron chi connectivity index (χ4n) is 1.89. The van der Waals surface area contributed by atoms with Gasteiger partial charge in [0.2, 0.25) is 0 Å². The zero-order chi connectivity index (χ0) is 14.7. The van der Waals surface area contributed by atoms with Crippen LogP contribution in [0, 0.1) is 20.8 Å². The number of rotatable bonds is 4. The van der Waals surface area contributed by atoms with E-state index in [0.29, 0.717) is 11.6 Å². The van der Waals surface area contributed by atoms with Crippen LogP contribution >= 0.6 is 0 Å². The van der Waals surface area contributed by atoms with Gasteiger partial charge >= 0.3 is 0 Å². The van der Waals surface area contributed by atoms with Gasteiger partial charge in [0, 0.05) is 12.7 Å². The number of nitrogens with zero attached hydrogens (tertiary/aromatic N) is 3. The highest BCUT2D eigenvalue weighted by molar-refractivity contribution is 5.90. The van der Waals surface area contributed by atoms with Crippen LogP contribution in [0.25, 0.3) is 0 Å². The fourth-order valence-corrected chi connectivity index (χ4v) is 1.89. The summed E-state index contributed by atoms with van der Waals surface area (Å²) in [5.74, 6) is 0.934. The first-order valence-electron chi connectivity index (χ1n) is 6.34.